The Labute approximate surface area is 58.3 Å². The molecular weight excluding hydrogens is 381 g/mol. The predicted octanol–water partition coefficient (Wildman–Crippen LogP) is 0.913. The van der Waals surface area contributed by atoms with Crippen LogP contribution in [-0.4, -0.2) is 19.2 Å². The molecule has 0 aromatic heterocycles. The van der Waals surface area contributed by atoms with Crippen molar-refractivity contribution >= 4 is 36.9 Å². The normalized spacial score (nSPS) is 2.00. The van der Waals surface area contributed by atoms with E-state index in [0.29, 0.717) is 0 Å². The molecule has 0 aromatic rings. The van der Waals surface area contributed by atoms with Gasteiger partial charge in [0.1, 0.15) is 0 Å². The van der Waals surface area contributed by atoms with Gasteiger partial charge in [-0.2, -0.15) is 0 Å². The summed E-state index contributed by atoms with van der Waals surface area (Å²) in [6.07, 6.45) is 0. The summed E-state index contributed by atoms with van der Waals surface area (Å²) in [5.41, 5.74) is 0. The second-order valence-corrected chi connectivity index (χ2v) is 5.89. The van der Waals surface area contributed by atoms with E-state index in [0.717, 1.165) is 0 Å². The second kappa shape index (κ2) is 8.91. The van der Waals surface area contributed by atoms with Crippen molar-refractivity contribution < 1.29 is 22.4 Å². The maximum atomic E-state index is 4.39. The van der Waals surface area contributed by atoms with E-state index in [1.807, 2.05) is 0 Å². The van der Waals surface area contributed by atoms with E-state index in [1.54, 1.807) is 0 Å². The van der Waals surface area contributed by atoms with Crippen molar-refractivity contribution in [1.29, 1.82) is 0 Å². The third-order valence-electron chi connectivity index (χ3n) is 0. The molecule has 0 fully saturated rings. The molecule has 28 valence electrons. The molecule has 0 N–H and O–H groups in total. The van der Waals surface area contributed by atoms with Crippen LogP contribution in [0.25, 0.3) is 0 Å². The van der Waals surface area contributed by atoms with Gasteiger partial charge < -0.3 is 0 Å². The summed E-state index contributed by atoms with van der Waals surface area (Å²) < 4.78 is 0. The average Bonchev–Trinajstić information content (AvgIpc) is 0.918. The third-order valence-corrected chi connectivity index (χ3v) is 0. The third kappa shape index (κ3) is 8.96. The van der Waals surface area contributed by atoms with Crippen LogP contribution in [0.4, 0.5) is 0 Å². The average molecular weight is 381 g/mol. The molecule has 0 saturated carbocycles. The summed E-state index contributed by atoms with van der Waals surface area (Å²) >= 11 is -0.667. The van der Waals surface area contributed by atoms with Crippen LogP contribution in [0.5, 0.6) is 0 Å². The van der Waals surface area contributed by atoms with E-state index in [2.05, 4.69) is 17.7 Å². The molecule has 0 saturated heterocycles. The van der Waals surface area contributed by atoms with Crippen LogP contribution in [0.3, 0.4) is 0 Å². The summed E-state index contributed by atoms with van der Waals surface area (Å²) in [5.74, 6) is 0. The summed E-state index contributed by atoms with van der Waals surface area (Å²) in [6, 6.07) is 0. The summed E-state index contributed by atoms with van der Waals surface area (Å²) in [7, 11) is 8.78. The Morgan fingerprint density at radius 3 is 1.25 bits per heavy atom. The van der Waals surface area contributed by atoms with Gasteiger partial charge in [0.25, 0.3) is 0 Å². The molecule has 0 unspecified atom stereocenters. The van der Waals surface area contributed by atoms with E-state index < -0.39 is 19.2 Å². The van der Waals surface area contributed by atoms with Gasteiger partial charge in [-0.05, 0) is 0 Å². The minimum absolute atomic E-state index is 0. The summed E-state index contributed by atoms with van der Waals surface area (Å²) in [4.78, 5) is 0. The number of rotatable bonds is 0. The topological polar surface area (TPSA) is 0 Å². The molecule has 0 rings (SSSR count). The van der Waals surface area contributed by atoms with Crippen LogP contribution in [0.15, 0.2) is 0 Å². The molecule has 0 aliphatic heterocycles. The number of hydrogen-bond acceptors (Lipinski definition) is 2. The zero-order valence-electron chi connectivity index (χ0n) is 1.57. The fraction of sp³-hybridized carbons (Fsp3) is 0. The maximum absolute atomic E-state index is 4.39. The molecule has 0 amide bonds. The van der Waals surface area contributed by atoms with Gasteiger partial charge in [0.05, 0.1) is 0 Å². The molecule has 0 bridgehead atoms. The van der Waals surface area contributed by atoms with E-state index >= 15 is 0 Å². The van der Waals surface area contributed by atoms with Crippen LogP contribution < -0.4 is 0 Å². The van der Waals surface area contributed by atoms with Crippen LogP contribution in [0, 0.1) is 0 Å². The van der Waals surface area contributed by atoms with Gasteiger partial charge in [-0.3, -0.25) is 0 Å². The van der Waals surface area contributed by atoms with Gasteiger partial charge in [-0.15, -0.1) is 0 Å². The predicted molar refractivity (Wildman–Crippen MR) is 20.9 cm³/mol. The Morgan fingerprint density at radius 2 is 1.25 bits per heavy atom. The Morgan fingerprint density at radius 1 is 1.25 bits per heavy atom. The number of hydrogen-bond donors (Lipinski definition) is 0. The van der Waals surface area contributed by atoms with Gasteiger partial charge in [-0.25, -0.2) is 0 Å². The SMILES string of the molecule is [Ag].[S]=[Bi]=[S]. The first-order valence-corrected chi connectivity index (χ1v) is 9.61. The monoisotopic (exact) mass is 380 g/mol. The van der Waals surface area contributed by atoms with E-state index in [-0.39, 0.29) is 22.4 Å². The Hall–Kier alpha value is 2.06. The zero-order valence-corrected chi connectivity index (χ0v) is 8.16. The van der Waals surface area contributed by atoms with Crippen LogP contribution in [0.1, 0.15) is 0 Å². The first-order chi connectivity index (χ1) is 1.41. The first-order valence-electron chi connectivity index (χ1n) is 0.365. The van der Waals surface area contributed by atoms with Crippen LogP contribution in [-0.2, 0) is 22.4 Å². The zero-order chi connectivity index (χ0) is 2.71. The fourth-order valence-corrected chi connectivity index (χ4v) is 0. The Bertz CT molecular complexity index is 27.0. The molecule has 4 heavy (non-hydrogen) atoms. The van der Waals surface area contributed by atoms with E-state index in [9.17, 15) is 0 Å². The molecule has 0 aromatic carbocycles. The quantitative estimate of drug-likeness (QED) is 0.573. The van der Waals surface area contributed by atoms with Crippen molar-refractivity contribution in [1.82, 2.24) is 0 Å². The Balaban J connectivity index is 0. The van der Waals surface area contributed by atoms with Crippen molar-refractivity contribution in [3.05, 3.63) is 0 Å². The van der Waals surface area contributed by atoms with Gasteiger partial charge >= 0.3 is 36.9 Å². The van der Waals surface area contributed by atoms with Crippen molar-refractivity contribution in [2.45, 2.75) is 0 Å². The van der Waals surface area contributed by atoms with Gasteiger partial charge in [-0.1, -0.05) is 0 Å². The van der Waals surface area contributed by atoms with Crippen molar-refractivity contribution in [2.75, 3.05) is 0 Å². The molecule has 0 atom stereocenters. The second-order valence-electron chi connectivity index (χ2n) is 0.0745. The van der Waals surface area contributed by atoms with Crippen LogP contribution in [0.2, 0.25) is 0 Å². The summed E-state index contributed by atoms with van der Waals surface area (Å²) in [5, 5.41) is 0. The molecular formula is AgBiS2. The minimum atomic E-state index is -0.667. The van der Waals surface area contributed by atoms with Gasteiger partial charge in [0.2, 0.25) is 0 Å². The van der Waals surface area contributed by atoms with Crippen molar-refractivity contribution in [3.8, 4) is 0 Å². The molecule has 0 heterocycles. The molecule has 0 nitrogen and oxygen atoms in total. The Kier molecular flexibility index (Phi) is 21.0. The van der Waals surface area contributed by atoms with Gasteiger partial charge in [0.15, 0.2) is 0 Å². The molecule has 0 spiro atoms. The van der Waals surface area contributed by atoms with Crippen molar-refractivity contribution in [3.63, 3.8) is 0 Å². The standard InChI is InChI=1S/Ag.Bi.2S. The van der Waals surface area contributed by atoms with E-state index in [1.165, 1.54) is 0 Å². The molecule has 2 radical (unpaired) electrons. The van der Waals surface area contributed by atoms with Crippen LogP contribution >= 0.6 is 17.7 Å². The van der Waals surface area contributed by atoms with E-state index in [4.69, 9.17) is 0 Å². The molecule has 0 aliphatic rings. The fourth-order valence-electron chi connectivity index (χ4n) is 0. The van der Waals surface area contributed by atoms with Gasteiger partial charge in [0, 0.05) is 22.4 Å². The molecule has 0 aliphatic carbocycles. The first kappa shape index (κ1) is 9.42. The van der Waals surface area contributed by atoms with Crippen molar-refractivity contribution in [2.24, 2.45) is 0 Å². The molecule has 4 heteroatoms. The summed E-state index contributed by atoms with van der Waals surface area (Å²) in [6.45, 7) is 0.